The maximum atomic E-state index is 6.09. The van der Waals surface area contributed by atoms with Gasteiger partial charge in [-0.05, 0) is 35.9 Å². The molecule has 0 amide bonds. The van der Waals surface area contributed by atoms with Gasteiger partial charge in [-0.1, -0.05) is 27.5 Å². The third-order valence-corrected chi connectivity index (χ3v) is 3.12. The zero-order chi connectivity index (χ0) is 12.1. The maximum Gasteiger partial charge on any atom is 0.0769 e. The van der Waals surface area contributed by atoms with Gasteiger partial charge in [-0.25, -0.2) is 0 Å². The van der Waals surface area contributed by atoms with Crippen molar-refractivity contribution in [3.8, 4) is 0 Å². The highest BCUT2D eigenvalue weighted by Gasteiger charge is 2.01. The lowest BCUT2D eigenvalue weighted by molar-refractivity contribution is 0.670. The second kappa shape index (κ2) is 6.10. The molecule has 0 saturated heterocycles. The molecule has 0 aliphatic carbocycles. The Morgan fingerprint density at radius 2 is 2.12 bits per heavy atom. The molecule has 0 aliphatic rings. The fourth-order valence-corrected chi connectivity index (χ4v) is 2.02. The van der Waals surface area contributed by atoms with Crippen LogP contribution in [0.15, 0.2) is 41.0 Å². The van der Waals surface area contributed by atoms with Crippen molar-refractivity contribution in [3.05, 3.63) is 57.3 Å². The van der Waals surface area contributed by atoms with E-state index in [0.29, 0.717) is 13.1 Å². The predicted molar refractivity (Wildman–Crippen MR) is 71.7 cm³/mol. The molecule has 1 aromatic heterocycles. The molecule has 0 atom stereocenters. The van der Waals surface area contributed by atoms with Gasteiger partial charge in [-0.2, -0.15) is 10.2 Å². The van der Waals surface area contributed by atoms with Crippen LogP contribution in [0.5, 0.6) is 0 Å². The molecule has 0 bridgehead atoms. The third-order valence-electron chi connectivity index (χ3n) is 2.26. The average molecular weight is 313 g/mol. The maximum absolute atomic E-state index is 6.09. The van der Waals surface area contributed by atoms with Gasteiger partial charge in [0.1, 0.15) is 0 Å². The van der Waals surface area contributed by atoms with Crippen molar-refractivity contribution in [3.63, 3.8) is 0 Å². The van der Waals surface area contributed by atoms with Crippen LogP contribution in [-0.4, -0.2) is 10.2 Å². The third kappa shape index (κ3) is 3.77. The highest BCUT2D eigenvalue weighted by Crippen LogP contribution is 2.20. The molecule has 1 aromatic carbocycles. The van der Waals surface area contributed by atoms with E-state index in [1.54, 1.807) is 6.20 Å². The van der Waals surface area contributed by atoms with Gasteiger partial charge in [0.05, 0.1) is 5.69 Å². The molecule has 3 nitrogen and oxygen atoms in total. The summed E-state index contributed by atoms with van der Waals surface area (Å²) < 4.78 is 1.03. The number of nitrogens with zero attached hydrogens (tertiary/aromatic N) is 2. The second-order valence-corrected chi connectivity index (χ2v) is 4.88. The summed E-state index contributed by atoms with van der Waals surface area (Å²) in [6, 6.07) is 9.62. The van der Waals surface area contributed by atoms with E-state index < -0.39 is 0 Å². The molecule has 17 heavy (non-hydrogen) atoms. The van der Waals surface area contributed by atoms with Crippen molar-refractivity contribution in [2.24, 2.45) is 0 Å². The lowest BCUT2D eigenvalue weighted by atomic mass is 10.2. The Balaban J connectivity index is 1.92. The zero-order valence-electron chi connectivity index (χ0n) is 9.03. The molecule has 0 radical (unpaired) electrons. The van der Waals surface area contributed by atoms with Crippen LogP contribution in [-0.2, 0) is 13.1 Å². The summed E-state index contributed by atoms with van der Waals surface area (Å²) in [6.45, 7) is 1.38. The number of nitrogens with one attached hydrogen (secondary N) is 1. The number of hydrogen-bond donors (Lipinski definition) is 1. The number of halogens is 2. The zero-order valence-corrected chi connectivity index (χ0v) is 11.4. The van der Waals surface area contributed by atoms with Crippen LogP contribution in [0, 0.1) is 0 Å². The molecular formula is C12H11BrClN3. The molecule has 88 valence electrons. The minimum Gasteiger partial charge on any atom is -0.307 e. The molecule has 0 fully saturated rings. The predicted octanol–water partition coefficient (Wildman–Crippen LogP) is 3.18. The molecule has 0 saturated carbocycles. The van der Waals surface area contributed by atoms with Gasteiger partial charge in [0.15, 0.2) is 0 Å². The first-order valence-corrected chi connectivity index (χ1v) is 6.34. The largest absolute Gasteiger partial charge is 0.307 e. The van der Waals surface area contributed by atoms with Crippen LogP contribution < -0.4 is 5.32 Å². The van der Waals surface area contributed by atoms with Crippen molar-refractivity contribution >= 4 is 27.5 Å². The summed E-state index contributed by atoms with van der Waals surface area (Å²) in [7, 11) is 0. The van der Waals surface area contributed by atoms with E-state index in [1.807, 2.05) is 30.3 Å². The van der Waals surface area contributed by atoms with E-state index >= 15 is 0 Å². The summed E-state index contributed by atoms with van der Waals surface area (Å²) in [5.74, 6) is 0. The van der Waals surface area contributed by atoms with Crippen molar-refractivity contribution in [1.82, 2.24) is 15.5 Å². The molecule has 1 N–H and O–H groups in total. The van der Waals surface area contributed by atoms with Crippen molar-refractivity contribution in [1.29, 1.82) is 0 Å². The van der Waals surface area contributed by atoms with E-state index in [2.05, 4.69) is 31.4 Å². The highest BCUT2D eigenvalue weighted by atomic mass is 79.9. The fraction of sp³-hybridized carbons (Fsp3) is 0.167. The Morgan fingerprint density at radius 1 is 1.24 bits per heavy atom. The molecule has 2 rings (SSSR count). The number of aromatic nitrogens is 2. The molecule has 1 heterocycles. The first-order chi connectivity index (χ1) is 8.25. The van der Waals surface area contributed by atoms with Crippen LogP contribution in [0.3, 0.4) is 0 Å². The summed E-state index contributed by atoms with van der Waals surface area (Å²) in [5.41, 5.74) is 1.98. The summed E-state index contributed by atoms with van der Waals surface area (Å²) in [4.78, 5) is 0. The summed E-state index contributed by atoms with van der Waals surface area (Å²) in [5, 5.41) is 11.9. The van der Waals surface area contributed by atoms with Crippen LogP contribution in [0.25, 0.3) is 0 Å². The summed E-state index contributed by atoms with van der Waals surface area (Å²) >= 11 is 9.51. The molecule has 0 spiro atoms. The number of hydrogen-bond acceptors (Lipinski definition) is 3. The smallest absolute Gasteiger partial charge is 0.0769 e. The Morgan fingerprint density at radius 3 is 2.88 bits per heavy atom. The molecule has 5 heteroatoms. The normalized spacial score (nSPS) is 10.5. The van der Waals surface area contributed by atoms with Crippen LogP contribution in [0.2, 0.25) is 5.02 Å². The van der Waals surface area contributed by atoms with Gasteiger partial charge >= 0.3 is 0 Å². The van der Waals surface area contributed by atoms with Gasteiger partial charge in [-0.3, -0.25) is 0 Å². The van der Waals surface area contributed by atoms with Crippen molar-refractivity contribution in [2.45, 2.75) is 13.1 Å². The Labute approximate surface area is 113 Å². The van der Waals surface area contributed by atoms with E-state index in [-0.39, 0.29) is 0 Å². The Bertz CT molecular complexity index is 490. The van der Waals surface area contributed by atoms with Gasteiger partial charge in [-0.15, -0.1) is 0 Å². The quantitative estimate of drug-likeness (QED) is 0.942. The van der Waals surface area contributed by atoms with E-state index in [9.17, 15) is 0 Å². The van der Waals surface area contributed by atoms with Crippen molar-refractivity contribution in [2.75, 3.05) is 0 Å². The Hall–Kier alpha value is -0.970. The van der Waals surface area contributed by atoms with Gasteiger partial charge in [0.2, 0.25) is 0 Å². The molecule has 0 unspecified atom stereocenters. The molecule has 0 aliphatic heterocycles. The SMILES string of the molecule is Clc1ccc(Br)cc1CNCc1cccnn1. The van der Waals surface area contributed by atoms with Gasteiger partial charge < -0.3 is 5.32 Å². The number of rotatable bonds is 4. The second-order valence-electron chi connectivity index (χ2n) is 3.55. The van der Waals surface area contributed by atoms with Crippen LogP contribution in [0.4, 0.5) is 0 Å². The first-order valence-electron chi connectivity index (χ1n) is 5.17. The number of benzene rings is 1. The summed E-state index contributed by atoms with van der Waals surface area (Å²) in [6.07, 6.45) is 1.66. The van der Waals surface area contributed by atoms with E-state index in [0.717, 1.165) is 20.8 Å². The minimum atomic E-state index is 0.677. The average Bonchev–Trinajstić information content (AvgIpc) is 2.35. The lowest BCUT2D eigenvalue weighted by Crippen LogP contribution is -2.14. The monoisotopic (exact) mass is 311 g/mol. The van der Waals surface area contributed by atoms with Gasteiger partial charge in [0, 0.05) is 28.8 Å². The van der Waals surface area contributed by atoms with Crippen LogP contribution >= 0.6 is 27.5 Å². The molecule has 2 aromatic rings. The van der Waals surface area contributed by atoms with Crippen LogP contribution in [0.1, 0.15) is 11.3 Å². The minimum absolute atomic E-state index is 0.677. The highest BCUT2D eigenvalue weighted by molar-refractivity contribution is 9.10. The van der Waals surface area contributed by atoms with E-state index in [1.165, 1.54) is 0 Å². The van der Waals surface area contributed by atoms with Gasteiger partial charge in [0.25, 0.3) is 0 Å². The lowest BCUT2D eigenvalue weighted by Gasteiger charge is -2.06. The fourth-order valence-electron chi connectivity index (χ4n) is 1.43. The first kappa shape index (κ1) is 12.5. The van der Waals surface area contributed by atoms with E-state index in [4.69, 9.17) is 11.6 Å². The topological polar surface area (TPSA) is 37.8 Å². The standard InChI is InChI=1S/C12H11BrClN3/c13-10-3-4-12(14)9(6-10)7-15-8-11-2-1-5-16-17-11/h1-6,15H,7-8H2. The molecular weight excluding hydrogens is 302 g/mol. The Kier molecular flexibility index (Phi) is 4.48. The van der Waals surface area contributed by atoms with Crippen molar-refractivity contribution < 1.29 is 0 Å².